The van der Waals surface area contributed by atoms with Crippen LogP contribution < -0.4 is 0 Å². The number of aryl methyl sites for hydroxylation is 2. The van der Waals surface area contributed by atoms with Crippen LogP contribution in [0, 0.1) is 6.92 Å². The van der Waals surface area contributed by atoms with Gasteiger partial charge in [-0.1, -0.05) is 31.2 Å². The van der Waals surface area contributed by atoms with Crippen molar-refractivity contribution >= 4 is 22.8 Å². The topological polar surface area (TPSA) is 90.4 Å². The van der Waals surface area contributed by atoms with Gasteiger partial charge in [-0.05, 0) is 36.6 Å². The number of hydrogen-bond acceptors (Lipinski definition) is 2. The number of carboxylic acid groups (broad SMARTS) is 2. The quantitative estimate of drug-likeness (QED) is 0.674. The van der Waals surface area contributed by atoms with Crippen LogP contribution in [0.5, 0.6) is 0 Å². The summed E-state index contributed by atoms with van der Waals surface area (Å²) < 4.78 is 0. The Morgan fingerprint density at radius 3 is 2.38 bits per heavy atom. The molecule has 0 aliphatic carbocycles. The van der Waals surface area contributed by atoms with Crippen LogP contribution in [0.2, 0.25) is 0 Å². The minimum Gasteiger partial charge on any atom is -0.478 e. The summed E-state index contributed by atoms with van der Waals surface area (Å²) in [4.78, 5) is 26.5. The van der Waals surface area contributed by atoms with Crippen LogP contribution in [-0.2, 0) is 6.42 Å². The molecule has 3 N–H and O–H groups in total. The number of aromatic amines is 1. The molecule has 0 aliphatic heterocycles. The van der Waals surface area contributed by atoms with Crippen LogP contribution in [-0.4, -0.2) is 27.1 Å². The number of benzene rings is 2. The van der Waals surface area contributed by atoms with Crippen LogP contribution in [0.1, 0.15) is 38.9 Å². The summed E-state index contributed by atoms with van der Waals surface area (Å²) in [6.45, 7) is 3.90. The molecule has 122 valence electrons. The summed E-state index contributed by atoms with van der Waals surface area (Å²) in [6.07, 6.45) is 0.794. The molecule has 0 spiro atoms. The largest absolute Gasteiger partial charge is 0.478 e. The minimum absolute atomic E-state index is 0.181. The van der Waals surface area contributed by atoms with Gasteiger partial charge in [0.1, 0.15) is 0 Å². The van der Waals surface area contributed by atoms with Gasteiger partial charge in [-0.15, -0.1) is 0 Å². The molecule has 0 radical (unpaired) electrons. The van der Waals surface area contributed by atoms with Gasteiger partial charge in [-0.25, -0.2) is 9.59 Å². The number of carbonyl (C=O) groups is 2. The zero-order valence-electron chi connectivity index (χ0n) is 13.4. The van der Waals surface area contributed by atoms with E-state index in [-0.39, 0.29) is 11.1 Å². The van der Waals surface area contributed by atoms with E-state index in [2.05, 4.69) is 4.98 Å². The molecule has 0 bridgehead atoms. The number of H-pyrrole nitrogens is 1. The van der Waals surface area contributed by atoms with Crippen molar-refractivity contribution in [1.29, 1.82) is 0 Å². The Hall–Kier alpha value is -3.08. The lowest BCUT2D eigenvalue weighted by atomic mass is 9.91. The predicted octanol–water partition coefficient (Wildman–Crippen LogP) is 4.10. The maximum atomic E-state index is 11.8. The molecule has 0 fully saturated rings. The summed E-state index contributed by atoms with van der Waals surface area (Å²) in [5.74, 6) is -2.49. The third-order valence-corrected chi connectivity index (χ3v) is 4.26. The Balaban J connectivity index is 2.45. The summed E-state index contributed by atoms with van der Waals surface area (Å²) >= 11 is 0. The van der Waals surface area contributed by atoms with Crippen molar-refractivity contribution in [2.75, 3.05) is 0 Å². The molecule has 0 amide bonds. The molecule has 0 atom stereocenters. The van der Waals surface area contributed by atoms with E-state index in [1.807, 2.05) is 32.0 Å². The van der Waals surface area contributed by atoms with Gasteiger partial charge >= 0.3 is 11.9 Å². The maximum absolute atomic E-state index is 11.8. The van der Waals surface area contributed by atoms with E-state index in [1.54, 1.807) is 12.1 Å². The van der Waals surface area contributed by atoms with Gasteiger partial charge in [-0.3, -0.25) is 0 Å². The first-order valence-electron chi connectivity index (χ1n) is 7.65. The van der Waals surface area contributed by atoms with Crippen molar-refractivity contribution in [2.45, 2.75) is 20.3 Å². The Bertz CT molecular complexity index is 969. The fraction of sp³-hybridized carbons (Fsp3) is 0.158. The molecule has 1 aromatic heterocycles. The van der Waals surface area contributed by atoms with Crippen molar-refractivity contribution in [3.63, 3.8) is 0 Å². The maximum Gasteiger partial charge on any atom is 0.337 e. The number of fused-ring (bicyclic) bond motifs is 1. The molecule has 3 rings (SSSR count). The van der Waals surface area contributed by atoms with Gasteiger partial charge in [0, 0.05) is 22.2 Å². The van der Waals surface area contributed by atoms with E-state index in [0.29, 0.717) is 5.56 Å². The molecule has 0 unspecified atom stereocenters. The van der Waals surface area contributed by atoms with Crippen molar-refractivity contribution in [1.82, 2.24) is 4.98 Å². The lowest BCUT2D eigenvalue weighted by molar-refractivity contribution is 0.0652. The highest BCUT2D eigenvalue weighted by Gasteiger charge is 2.24. The molecular formula is C19H17NO4. The first-order valence-corrected chi connectivity index (χ1v) is 7.65. The van der Waals surface area contributed by atoms with Crippen LogP contribution >= 0.6 is 0 Å². The lowest BCUT2D eigenvalue weighted by Crippen LogP contribution is -2.10. The number of hydrogen-bond donors (Lipinski definition) is 3. The van der Waals surface area contributed by atoms with Crippen molar-refractivity contribution in [2.24, 2.45) is 0 Å². The van der Waals surface area contributed by atoms with Crippen LogP contribution in [0.3, 0.4) is 0 Å². The molecule has 0 saturated heterocycles. The molecule has 5 nitrogen and oxygen atoms in total. The highest BCUT2D eigenvalue weighted by atomic mass is 16.4. The van der Waals surface area contributed by atoms with Gasteiger partial charge in [0.05, 0.1) is 11.1 Å². The van der Waals surface area contributed by atoms with Crippen LogP contribution in [0.4, 0.5) is 0 Å². The van der Waals surface area contributed by atoms with Crippen LogP contribution in [0.15, 0.2) is 36.4 Å². The second-order valence-electron chi connectivity index (χ2n) is 5.66. The second kappa shape index (κ2) is 5.85. The molecule has 0 saturated carbocycles. The average molecular weight is 323 g/mol. The number of carboxylic acids is 2. The van der Waals surface area contributed by atoms with Gasteiger partial charge in [0.15, 0.2) is 0 Å². The van der Waals surface area contributed by atoms with Gasteiger partial charge < -0.3 is 15.2 Å². The zero-order chi connectivity index (χ0) is 17.4. The van der Waals surface area contributed by atoms with Crippen molar-refractivity contribution < 1.29 is 19.8 Å². The van der Waals surface area contributed by atoms with Gasteiger partial charge in [-0.2, -0.15) is 0 Å². The first kappa shape index (κ1) is 15.8. The monoisotopic (exact) mass is 323 g/mol. The molecule has 5 heteroatoms. The van der Waals surface area contributed by atoms with E-state index in [0.717, 1.165) is 34.1 Å². The standard InChI is InChI=1S/C19H17NO4/c1-3-11-6-4-9-14-16(11)15(10(2)20-14)12-7-5-8-13(18(21)22)17(12)19(23)24/h4-9,20H,3H2,1-2H3,(H,21,22)(H,23,24). The summed E-state index contributed by atoms with van der Waals surface area (Å²) in [6, 6.07) is 10.5. The second-order valence-corrected chi connectivity index (χ2v) is 5.66. The Morgan fingerprint density at radius 2 is 1.75 bits per heavy atom. The molecule has 1 heterocycles. The van der Waals surface area contributed by atoms with Gasteiger partial charge in [0.25, 0.3) is 0 Å². The van der Waals surface area contributed by atoms with E-state index >= 15 is 0 Å². The molecule has 3 aromatic rings. The normalized spacial score (nSPS) is 10.9. The van der Waals surface area contributed by atoms with Crippen LogP contribution in [0.25, 0.3) is 22.0 Å². The van der Waals surface area contributed by atoms with E-state index in [1.165, 1.54) is 6.07 Å². The molecule has 2 aromatic carbocycles. The Kier molecular flexibility index (Phi) is 3.85. The van der Waals surface area contributed by atoms with Gasteiger partial charge in [0.2, 0.25) is 0 Å². The SMILES string of the molecule is CCc1cccc2[nH]c(C)c(-c3cccc(C(=O)O)c3C(=O)O)c12. The zero-order valence-corrected chi connectivity index (χ0v) is 13.4. The molecule has 0 aliphatic rings. The summed E-state index contributed by atoms with van der Waals surface area (Å²) in [7, 11) is 0. The predicted molar refractivity (Wildman–Crippen MR) is 91.8 cm³/mol. The summed E-state index contributed by atoms with van der Waals surface area (Å²) in [5, 5.41) is 19.9. The van der Waals surface area contributed by atoms with Crippen molar-refractivity contribution in [3.05, 3.63) is 58.8 Å². The third kappa shape index (κ3) is 2.34. The molecular weight excluding hydrogens is 306 g/mol. The highest BCUT2D eigenvalue weighted by Crippen LogP contribution is 2.37. The fourth-order valence-corrected chi connectivity index (χ4v) is 3.25. The molecule has 24 heavy (non-hydrogen) atoms. The Morgan fingerprint density at radius 1 is 1.04 bits per heavy atom. The lowest BCUT2D eigenvalue weighted by Gasteiger charge is -2.11. The van der Waals surface area contributed by atoms with Crippen molar-refractivity contribution in [3.8, 4) is 11.1 Å². The average Bonchev–Trinajstić information content (AvgIpc) is 2.89. The van der Waals surface area contributed by atoms with E-state index in [9.17, 15) is 19.8 Å². The third-order valence-electron chi connectivity index (χ3n) is 4.26. The van der Waals surface area contributed by atoms with E-state index in [4.69, 9.17) is 0 Å². The smallest absolute Gasteiger partial charge is 0.337 e. The summed E-state index contributed by atoms with van der Waals surface area (Å²) in [5.41, 5.74) is 3.61. The van der Waals surface area contributed by atoms with E-state index < -0.39 is 11.9 Å². The minimum atomic E-state index is -1.25. The number of aromatic nitrogens is 1. The fourth-order valence-electron chi connectivity index (χ4n) is 3.25. The Labute approximate surface area is 138 Å². The first-order chi connectivity index (χ1) is 11.5. The number of rotatable bonds is 4. The number of aromatic carboxylic acids is 2. The highest BCUT2D eigenvalue weighted by molar-refractivity contribution is 6.10. The number of nitrogens with one attached hydrogen (secondary N) is 1.